The minimum absolute atomic E-state index is 0.00560. The number of hydrogen-bond acceptors (Lipinski definition) is 5. The highest BCUT2D eigenvalue weighted by Gasteiger charge is 2.38. The van der Waals surface area contributed by atoms with Gasteiger partial charge in [0.15, 0.2) is 0 Å². The Morgan fingerprint density at radius 2 is 2.12 bits per heavy atom. The average Bonchev–Trinajstić information content (AvgIpc) is 3.20. The molecule has 1 aromatic heterocycles. The number of carbonyl (C=O) groups excluding carboxylic acids is 1. The predicted molar refractivity (Wildman–Crippen MR) is 72.2 cm³/mol. The zero-order valence-electron chi connectivity index (χ0n) is 12.1. The van der Waals surface area contributed by atoms with Gasteiger partial charge in [-0.1, -0.05) is 5.16 Å². The summed E-state index contributed by atoms with van der Waals surface area (Å²) in [5.41, 5.74) is -0.0934. The molecule has 0 saturated carbocycles. The van der Waals surface area contributed by atoms with Crippen LogP contribution in [0.4, 0.5) is 23.2 Å². The normalized spacial score (nSPS) is 17.9. The van der Waals surface area contributed by atoms with E-state index in [9.17, 15) is 22.4 Å². The molecule has 1 fully saturated rings. The van der Waals surface area contributed by atoms with Gasteiger partial charge in [-0.2, -0.15) is 18.2 Å². The van der Waals surface area contributed by atoms with Crippen molar-refractivity contribution in [2.24, 2.45) is 5.92 Å². The van der Waals surface area contributed by atoms with Crippen LogP contribution >= 0.6 is 0 Å². The summed E-state index contributed by atoms with van der Waals surface area (Å²) in [4.78, 5) is 15.1. The Balaban J connectivity index is 1.77. The Kier molecular flexibility index (Phi) is 4.22. The van der Waals surface area contributed by atoms with E-state index in [1.807, 2.05) is 0 Å². The van der Waals surface area contributed by atoms with Gasteiger partial charge in [0.2, 0.25) is 11.7 Å². The molecule has 0 bridgehead atoms. The molecule has 2 aromatic rings. The molecule has 6 nitrogen and oxygen atoms in total. The Hall–Kier alpha value is -2.49. The third-order valence-corrected chi connectivity index (χ3v) is 3.45. The molecule has 128 valence electrons. The van der Waals surface area contributed by atoms with Crippen LogP contribution in [0.1, 0.15) is 12.3 Å². The minimum atomic E-state index is -4.78. The molecule has 10 heteroatoms. The molecular weight excluding hydrogens is 334 g/mol. The van der Waals surface area contributed by atoms with Crippen LogP contribution < -0.4 is 5.32 Å². The molecule has 1 saturated heterocycles. The fourth-order valence-corrected chi connectivity index (χ4v) is 2.19. The number of alkyl halides is 3. The van der Waals surface area contributed by atoms with Crippen molar-refractivity contribution < 1.29 is 31.6 Å². The van der Waals surface area contributed by atoms with Crippen molar-refractivity contribution in [2.75, 3.05) is 18.5 Å². The van der Waals surface area contributed by atoms with E-state index < -0.39 is 23.7 Å². The summed E-state index contributed by atoms with van der Waals surface area (Å²) in [6.07, 6.45) is -4.23. The minimum Gasteiger partial charge on any atom is -0.381 e. The Morgan fingerprint density at radius 1 is 1.33 bits per heavy atom. The molecule has 0 aliphatic carbocycles. The SMILES string of the molecule is O=C(Nc1ccc(-c2noc(C(F)(F)F)n2)cc1F)C1CCOC1. The summed E-state index contributed by atoms with van der Waals surface area (Å²) in [6, 6.07) is 3.43. The maximum absolute atomic E-state index is 14.1. The number of hydrogen-bond donors (Lipinski definition) is 1. The molecule has 2 heterocycles. The second-order valence-corrected chi connectivity index (χ2v) is 5.17. The topological polar surface area (TPSA) is 77.3 Å². The summed E-state index contributed by atoms with van der Waals surface area (Å²) in [5, 5.41) is 5.59. The van der Waals surface area contributed by atoms with Crippen molar-refractivity contribution in [1.29, 1.82) is 0 Å². The van der Waals surface area contributed by atoms with Crippen molar-refractivity contribution in [3.8, 4) is 11.4 Å². The summed E-state index contributed by atoms with van der Waals surface area (Å²) < 4.78 is 60.5. The lowest BCUT2D eigenvalue weighted by atomic mass is 10.1. The number of ether oxygens (including phenoxy) is 1. The van der Waals surface area contributed by atoms with E-state index in [4.69, 9.17) is 4.74 Å². The molecule has 1 aliphatic rings. The van der Waals surface area contributed by atoms with E-state index in [0.717, 1.165) is 6.07 Å². The van der Waals surface area contributed by atoms with E-state index in [2.05, 4.69) is 20.0 Å². The summed E-state index contributed by atoms with van der Waals surface area (Å²) in [5.74, 6) is -3.47. The quantitative estimate of drug-likeness (QED) is 0.866. The Morgan fingerprint density at radius 3 is 2.71 bits per heavy atom. The summed E-state index contributed by atoms with van der Waals surface area (Å²) >= 11 is 0. The number of rotatable bonds is 3. The van der Waals surface area contributed by atoms with Crippen LogP contribution in [0.3, 0.4) is 0 Å². The standard InChI is InChI=1S/C14H11F4N3O3/c15-9-5-7(11-20-13(24-21-11)14(16,17)18)1-2-10(9)19-12(22)8-3-4-23-6-8/h1-2,5,8H,3-4,6H2,(H,19,22). The van der Waals surface area contributed by atoms with Crippen molar-refractivity contribution in [2.45, 2.75) is 12.6 Å². The first kappa shape index (κ1) is 16.4. The lowest BCUT2D eigenvalue weighted by molar-refractivity contribution is -0.159. The van der Waals surface area contributed by atoms with Gasteiger partial charge in [-0.15, -0.1) is 0 Å². The maximum Gasteiger partial charge on any atom is 0.471 e. The summed E-state index contributed by atoms with van der Waals surface area (Å²) in [7, 11) is 0. The molecule has 1 atom stereocenters. The van der Waals surface area contributed by atoms with Crippen molar-refractivity contribution >= 4 is 11.6 Å². The van der Waals surface area contributed by atoms with E-state index in [1.165, 1.54) is 12.1 Å². The molecule has 24 heavy (non-hydrogen) atoms. The molecule has 1 aliphatic heterocycles. The van der Waals surface area contributed by atoms with Gasteiger partial charge < -0.3 is 14.6 Å². The van der Waals surface area contributed by atoms with Crippen molar-refractivity contribution in [3.63, 3.8) is 0 Å². The van der Waals surface area contributed by atoms with E-state index >= 15 is 0 Å². The van der Waals surface area contributed by atoms with Gasteiger partial charge in [-0.25, -0.2) is 4.39 Å². The second-order valence-electron chi connectivity index (χ2n) is 5.17. The smallest absolute Gasteiger partial charge is 0.381 e. The third kappa shape index (κ3) is 3.37. The number of carbonyl (C=O) groups is 1. The average molecular weight is 345 g/mol. The summed E-state index contributed by atoms with van der Waals surface area (Å²) in [6.45, 7) is 0.744. The molecule has 1 N–H and O–H groups in total. The molecule has 1 amide bonds. The van der Waals surface area contributed by atoms with Gasteiger partial charge in [-0.3, -0.25) is 4.79 Å². The highest BCUT2D eigenvalue weighted by molar-refractivity contribution is 5.93. The van der Waals surface area contributed by atoms with Gasteiger partial charge in [0, 0.05) is 12.2 Å². The number of benzene rings is 1. The predicted octanol–water partition coefficient (Wildman–Crippen LogP) is 2.87. The fourth-order valence-electron chi connectivity index (χ4n) is 2.19. The number of halogens is 4. The zero-order chi connectivity index (χ0) is 17.3. The molecule has 3 rings (SSSR count). The van der Waals surface area contributed by atoms with Crippen molar-refractivity contribution in [1.82, 2.24) is 10.1 Å². The zero-order valence-corrected chi connectivity index (χ0v) is 12.1. The molecule has 1 unspecified atom stereocenters. The number of anilines is 1. The number of amides is 1. The van der Waals surface area contributed by atoms with E-state index in [0.29, 0.717) is 13.0 Å². The van der Waals surface area contributed by atoms with Crippen LogP contribution in [-0.4, -0.2) is 29.3 Å². The first-order valence-corrected chi connectivity index (χ1v) is 6.94. The van der Waals surface area contributed by atoms with Gasteiger partial charge in [0.1, 0.15) is 5.82 Å². The van der Waals surface area contributed by atoms with Crippen LogP contribution in [0, 0.1) is 11.7 Å². The lowest BCUT2D eigenvalue weighted by Crippen LogP contribution is -2.23. The van der Waals surface area contributed by atoms with Crippen LogP contribution in [0.15, 0.2) is 22.7 Å². The second kappa shape index (κ2) is 6.19. The molecule has 0 radical (unpaired) electrons. The first-order valence-electron chi connectivity index (χ1n) is 6.94. The van der Waals surface area contributed by atoms with Gasteiger partial charge in [0.05, 0.1) is 18.2 Å². The lowest BCUT2D eigenvalue weighted by Gasteiger charge is -2.10. The number of nitrogens with one attached hydrogen (secondary N) is 1. The van der Waals surface area contributed by atoms with Gasteiger partial charge in [0.25, 0.3) is 0 Å². The number of nitrogens with zero attached hydrogens (tertiary/aromatic N) is 2. The molecular formula is C14H11F4N3O3. The molecule has 1 aromatic carbocycles. The van der Waals surface area contributed by atoms with Crippen LogP contribution in [0.5, 0.6) is 0 Å². The highest BCUT2D eigenvalue weighted by Crippen LogP contribution is 2.30. The van der Waals surface area contributed by atoms with E-state index in [1.54, 1.807) is 0 Å². The van der Waals surface area contributed by atoms with Crippen LogP contribution in [-0.2, 0) is 15.7 Å². The maximum atomic E-state index is 14.1. The Bertz CT molecular complexity index is 754. The highest BCUT2D eigenvalue weighted by atomic mass is 19.4. The van der Waals surface area contributed by atoms with Crippen LogP contribution in [0.2, 0.25) is 0 Å². The van der Waals surface area contributed by atoms with Crippen LogP contribution in [0.25, 0.3) is 11.4 Å². The fraction of sp³-hybridized carbons (Fsp3) is 0.357. The first-order chi connectivity index (χ1) is 11.3. The third-order valence-electron chi connectivity index (χ3n) is 3.45. The monoisotopic (exact) mass is 345 g/mol. The largest absolute Gasteiger partial charge is 0.471 e. The van der Waals surface area contributed by atoms with Gasteiger partial charge in [-0.05, 0) is 24.6 Å². The van der Waals surface area contributed by atoms with Gasteiger partial charge >= 0.3 is 12.1 Å². The van der Waals surface area contributed by atoms with Crippen molar-refractivity contribution in [3.05, 3.63) is 29.9 Å². The molecule has 0 spiro atoms. The number of aromatic nitrogens is 2. The Labute approximate surface area is 132 Å². The van der Waals surface area contributed by atoms with E-state index in [-0.39, 0.29) is 29.7 Å².